The molecule has 18 heavy (non-hydrogen) atoms. The van der Waals surface area contributed by atoms with E-state index >= 15 is 0 Å². The van der Waals surface area contributed by atoms with Gasteiger partial charge in [-0.25, -0.2) is 4.68 Å². The first-order valence-corrected chi connectivity index (χ1v) is 6.35. The number of aromatic nitrogens is 3. The van der Waals surface area contributed by atoms with Gasteiger partial charge in [0, 0.05) is 12.2 Å². The van der Waals surface area contributed by atoms with E-state index in [2.05, 4.69) is 42.2 Å². The summed E-state index contributed by atoms with van der Waals surface area (Å²) in [6.07, 6.45) is 4.79. The second kappa shape index (κ2) is 5.21. The maximum absolute atomic E-state index is 4.55. The molecule has 96 valence electrons. The molecule has 0 radical (unpaired) electrons. The van der Waals surface area contributed by atoms with Crippen molar-refractivity contribution in [1.82, 2.24) is 14.8 Å². The van der Waals surface area contributed by atoms with Crippen LogP contribution in [0.4, 0.5) is 5.69 Å². The number of anilines is 1. The van der Waals surface area contributed by atoms with Crippen molar-refractivity contribution in [3.05, 3.63) is 35.4 Å². The second-order valence-electron chi connectivity index (χ2n) is 4.57. The van der Waals surface area contributed by atoms with Crippen LogP contribution in [0.15, 0.2) is 18.5 Å². The van der Waals surface area contributed by atoms with E-state index in [1.54, 1.807) is 0 Å². The topological polar surface area (TPSA) is 42.7 Å². The molecule has 0 spiro atoms. The predicted molar refractivity (Wildman–Crippen MR) is 74.4 cm³/mol. The zero-order valence-corrected chi connectivity index (χ0v) is 11.5. The lowest BCUT2D eigenvalue weighted by molar-refractivity contribution is 0.828. The third kappa shape index (κ3) is 2.37. The molecule has 0 saturated heterocycles. The molecule has 0 amide bonds. The van der Waals surface area contributed by atoms with E-state index in [1.165, 1.54) is 11.3 Å². The maximum atomic E-state index is 4.55. The fourth-order valence-corrected chi connectivity index (χ4v) is 1.88. The van der Waals surface area contributed by atoms with E-state index in [0.29, 0.717) is 0 Å². The van der Waals surface area contributed by atoms with Gasteiger partial charge in [-0.05, 0) is 38.8 Å². The molecule has 0 aliphatic rings. The third-order valence-corrected chi connectivity index (χ3v) is 3.20. The van der Waals surface area contributed by atoms with Crippen molar-refractivity contribution in [3.63, 3.8) is 0 Å². The molecule has 0 aliphatic carbocycles. The highest BCUT2D eigenvalue weighted by Gasteiger charge is 2.09. The van der Waals surface area contributed by atoms with Crippen LogP contribution in [0.5, 0.6) is 0 Å². The van der Waals surface area contributed by atoms with Crippen LogP contribution in [0, 0.1) is 20.8 Å². The van der Waals surface area contributed by atoms with Gasteiger partial charge in [0.05, 0.1) is 29.5 Å². The Balaban J connectivity index is 2.35. The van der Waals surface area contributed by atoms with Gasteiger partial charge in [0.1, 0.15) is 0 Å². The molecule has 4 nitrogen and oxygen atoms in total. The molecule has 0 aromatic carbocycles. The summed E-state index contributed by atoms with van der Waals surface area (Å²) >= 11 is 0. The van der Waals surface area contributed by atoms with E-state index in [4.69, 9.17) is 0 Å². The summed E-state index contributed by atoms with van der Waals surface area (Å²) in [5.74, 6) is 0. The fourth-order valence-electron chi connectivity index (χ4n) is 1.88. The molecule has 2 rings (SSSR count). The standard InChI is InChI=1S/C14H20N4/c1-5-6-16-13-7-14(9-15-8-13)18-12(4)10(2)11(3)17-18/h7-9,16H,5-6H2,1-4H3. The van der Waals surface area contributed by atoms with Crippen molar-refractivity contribution >= 4 is 5.69 Å². The number of nitrogens with one attached hydrogen (secondary N) is 1. The average Bonchev–Trinajstić information content (AvgIpc) is 2.64. The van der Waals surface area contributed by atoms with E-state index < -0.39 is 0 Å². The zero-order chi connectivity index (χ0) is 13.1. The summed E-state index contributed by atoms with van der Waals surface area (Å²) in [6.45, 7) is 9.32. The van der Waals surface area contributed by atoms with Gasteiger partial charge in [-0.1, -0.05) is 6.92 Å². The smallest absolute Gasteiger partial charge is 0.0852 e. The summed E-state index contributed by atoms with van der Waals surface area (Å²) in [5.41, 5.74) is 5.52. The molecule has 2 aromatic heterocycles. The molecule has 0 aliphatic heterocycles. The van der Waals surface area contributed by atoms with Crippen LogP contribution in [0.25, 0.3) is 5.69 Å². The minimum atomic E-state index is 0.960. The Morgan fingerprint density at radius 1 is 1.22 bits per heavy atom. The van der Waals surface area contributed by atoms with Gasteiger partial charge in [-0.3, -0.25) is 4.98 Å². The van der Waals surface area contributed by atoms with Crippen LogP contribution in [0.3, 0.4) is 0 Å². The molecule has 0 atom stereocenters. The minimum absolute atomic E-state index is 0.960. The molecule has 0 saturated carbocycles. The number of hydrogen-bond donors (Lipinski definition) is 1. The molecule has 0 fully saturated rings. The van der Waals surface area contributed by atoms with Gasteiger partial charge < -0.3 is 5.32 Å². The van der Waals surface area contributed by atoms with Crippen LogP contribution >= 0.6 is 0 Å². The van der Waals surface area contributed by atoms with Gasteiger partial charge in [0.25, 0.3) is 0 Å². The molecule has 0 bridgehead atoms. The summed E-state index contributed by atoms with van der Waals surface area (Å²) in [7, 11) is 0. The number of rotatable bonds is 4. The number of aryl methyl sites for hydroxylation is 1. The zero-order valence-electron chi connectivity index (χ0n) is 11.5. The first kappa shape index (κ1) is 12.6. The van der Waals surface area contributed by atoms with Crippen molar-refractivity contribution < 1.29 is 0 Å². The second-order valence-corrected chi connectivity index (χ2v) is 4.57. The summed E-state index contributed by atoms with van der Waals surface area (Å²) in [5, 5.41) is 7.89. The molecule has 4 heteroatoms. The van der Waals surface area contributed by atoms with Gasteiger partial charge in [0.2, 0.25) is 0 Å². The summed E-state index contributed by atoms with van der Waals surface area (Å²) in [6, 6.07) is 2.08. The highest BCUT2D eigenvalue weighted by atomic mass is 15.3. The molecule has 2 heterocycles. The van der Waals surface area contributed by atoms with E-state index in [0.717, 1.165) is 30.0 Å². The van der Waals surface area contributed by atoms with Crippen LogP contribution in [0.2, 0.25) is 0 Å². The highest BCUT2D eigenvalue weighted by molar-refractivity contribution is 5.49. The Kier molecular flexibility index (Phi) is 3.65. The normalized spacial score (nSPS) is 10.7. The molecular formula is C14H20N4. The van der Waals surface area contributed by atoms with Crippen LogP contribution in [-0.2, 0) is 0 Å². The van der Waals surface area contributed by atoms with Crippen molar-refractivity contribution in [1.29, 1.82) is 0 Å². The van der Waals surface area contributed by atoms with E-state index in [9.17, 15) is 0 Å². The van der Waals surface area contributed by atoms with E-state index in [-0.39, 0.29) is 0 Å². The SMILES string of the molecule is CCCNc1cncc(-n2nc(C)c(C)c2C)c1. The first-order chi connectivity index (χ1) is 8.63. The minimum Gasteiger partial charge on any atom is -0.384 e. The van der Waals surface area contributed by atoms with Crippen LogP contribution < -0.4 is 5.32 Å². The fraction of sp³-hybridized carbons (Fsp3) is 0.429. The van der Waals surface area contributed by atoms with Gasteiger partial charge in [-0.15, -0.1) is 0 Å². The largest absolute Gasteiger partial charge is 0.384 e. The summed E-state index contributed by atoms with van der Waals surface area (Å²) in [4.78, 5) is 4.27. The van der Waals surface area contributed by atoms with Crippen LogP contribution in [0.1, 0.15) is 30.3 Å². The van der Waals surface area contributed by atoms with Gasteiger partial charge in [-0.2, -0.15) is 5.10 Å². The Labute approximate surface area is 108 Å². The Hall–Kier alpha value is -1.84. The van der Waals surface area contributed by atoms with Crippen molar-refractivity contribution in [2.45, 2.75) is 34.1 Å². The molecular weight excluding hydrogens is 224 g/mol. The predicted octanol–water partition coefficient (Wildman–Crippen LogP) is 3.01. The number of hydrogen-bond acceptors (Lipinski definition) is 3. The number of pyridine rings is 1. The lowest BCUT2D eigenvalue weighted by Crippen LogP contribution is -2.04. The van der Waals surface area contributed by atoms with Crippen LogP contribution in [-0.4, -0.2) is 21.3 Å². The molecule has 2 aromatic rings. The Morgan fingerprint density at radius 3 is 2.61 bits per heavy atom. The van der Waals surface area contributed by atoms with Gasteiger partial charge in [0.15, 0.2) is 0 Å². The Morgan fingerprint density at radius 2 is 2.00 bits per heavy atom. The van der Waals surface area contributed by atoms with Gasteiger partial charge >= 0.3 is 0 Å². The molecule has 0 unspecified atom stereocenters. The molecule has 1 N–H and O–H groups in total. The third-order valence-electron chi connectivity index (χ3n) is 3.20. The Bertz CT molecular complexity index is 543. The first-order valence-electron chi connectivity index (χ1n) is 6.35. The maximum Gasteiger partial charge on any atom is 0.0852 e. The van der Waals surface area contributed by atoms with E-state index in [1.807, 2.05) is 24.0 Å². The average molecular weight is 244 g/mol. The quantitative estimate of drug-likeness (QED) is 0.899. The van der Waals surface area contributed by atoms with Crippen molar-refractivity contribution in [3.8, 4) is 5.69 Å². The monoisotopic (exact) mass is 244 g/mol. The van der Waals surface area contributed by atoms with Crippen molar-refractivity contribution in [2.24, 2.45) is 0 Å². The number of nitrogens with zero attached hydrogens (tertiary/aromatic N) is 3. The highest BCUT2D eigenvalue weighted by Crippen LogP contribution is 2.18. The summed E-state index contributed by atoms with van der Waals surface area (Å²) < 4.78 is 1.95. The van der Waals surface area contributed by atoms with Crippen molar-refractivity contribution in [2.75, 3.05) is 11.9 Å². The lowest BCUT2D eigenvalue weighted by Gasteiger charge is -2.08. The lowest BCUT2D eigenvalue weighted by atomic mass is 10.2.